The largest absolute Gasteiger partial charge is 0.476 e. The molecular weight excluding hydrogens is 308 g/mol. The van der Waals surface area contributed by atoms with E-state index in [4.69, 9.17) is 11.6 Å². The maximum atomic E-state index is 11.5. The minimum Gasteiger partial charge on any atom is -0.476 e. The van der Waals surface area contributed by atoms with Gasteiger partial charge in [0.05, 0.1) is 11.9 Å². The molecule has 1 aliphatic carbocycles. The van der Waals surface area contributed by atoms with E-state index in [0.717, 1.165) is 11.3 Å². The lowest BCUT2D eigenvalue weighted by atomic mass is 9.94. The fraction of sp³-hybridized carbons (Fsp3) is 0.154. The Labute approximate surface area is 128 Å². The summed E-state index contributed by atoms with van der Waals surface area (Å²) in [5.74, 6) is -0.661. The molecule has 1 aliphatic rings. The lowest BCUT2D eigenvalue weighted by molar-refractivity contribution is 0.0688. The number of carbonyl (C=O) groups is 1. The van der Waals surface area contributed by atoms with Crippen molar-refractivity contribution in [1.29, 1.82) is 0 Å². The van der Waals surface area contributed by atoms with Crippen molar-refractivity contribution in [3.8, 4) is 17.1 Å². The van der Waals surface area contributed by atoms with Crippen molar-refractivity contribution in [3.05, 3.63) is 40.4 Å². The van der Waals surface area contributed by atoms with Gasteiger partial charge in [-0.25, -0.2) is 9.48 Å². The van der Waals surface area contributed by atoms with Crippen molar-refractivity contribution >= 4 is 17.6 Å². The molecule has 4 rings (SSSR count). The van der Waals surface area contributed by atoms with Crippen LogP contribution in [0.3, 0.4) is 0 Å². The Morgan fingerprint density at radius 1 is 1.32 bits per heavy atom. The van der Waals surface area contributed by atoms with Gasteiger partial charge in [0, 0.05) is 16.8 Å². The summed E-state index contributed by atoms with van der Waals surface area (Å²) in [5.41, 5.74) is 3.17. The van der Waals surface area contributed by atoms with Crippen LogP contribution in [0, 0.1) is 0 Å². The number of hydrogen-bond acceptors (Lipinski definition) is 5. The molecule has 0 amide bonds. The summed E-state index contributed by atoms with van der Waals surface area (Å²) in [4.78, 5) is 11.5. The molecule has 0 unspecified atom stereocenters. The Bertz CT molecular complexity index is 883. The molecule has 3 aromatic heterocycles. The summed E-state index contributed by atoms with van der Waals surface area (Å²) >= 11 is 5.75. The third-order valence-corrected chi connectivity index (χ3v) is 3.82. The van der Waals surface area contributed by atoms with Gasteiger partial charge >= 0.3 is 5.97 Å². The van der Waals surface area contributed by atoms with Crippen molar-refractivity contribution in [2.75, 3.05) is 0 Å². The van der Waals surface area contributed by atoms with Crippen LogP contribution in [0.5, 0.6) is 0 Å². The zero-order valence-electron chi connectivity index (χ0n) is 11.1. The second kappa shape index (κ2) is 4.63. The van der Waals surface area contributed by atoms with Gasteiger partial charge in [0.2, 0.25) is 0 Å². The van der Waals surface area contributed by atoms with Gasteiger partial charge < -0.3 is 5.11 Å². The highest BCUT2D eigenvalue weighted by Gasteiger charge is 2.30. The normalized spacial score (nSPS) is 12.8. The molecule has 2 N–H and O–H groups in total. The molecule has 0 spiro atoms. The summed E-state index contributed by atoms with van der Waals surface area (Å²) in [5, 5.41) is 28.6. The van der Waals surface area contributed by atoms with Crippen molar-refractivity contribution in [2.45, 2.75) is 12.8 Å². The van der Waals surface area contributed by atoms with Gasteiger partial charge in [0.15, 0.2) is 16.7 Å². The molecule has 3 aromatic rings. The smallest absolute Gasteiger partial charge is 0.356 e. The number of hydrogen-bond donors (Lipinski definition) is 2. The number of aromatic carboxylic acids is 1. The number of carboxylic acid groups (broad SMARTS) is 1. The summed E-state index contributed by atoms with van der Waals surface area (Å²) in [6.07, 6.45) is 2.94. The Kier molecular flexibility index (Phi) is 2.73. The molecule has 0 aromatic carbocycles. The fourth-order valence-corrected chi connectivity index (χ4v) is 2.78. The van der Waals surface area contributed by atoms with E-state index in [2.05, 4.69) is 25.5 Å². The molecule has 0 radical (unpaired) electrons. The van der Waals surface area contributed by atoms with Crippen LogP contribution >= 0.6 is 11.6 Å². The van der Waals surface area contributed by atoms with E-state index in [9.17, 15) is 9.90 Å². The summed E-state index contributed by atoms with van der Waals surface area (Å²) < 4.78 is 1.48. The van der Waals surface area contributed by atoms with Crippen LogP contribution in [0.4, 0.5) is 0 Å². The second-order valence-electron chi connectivity index (χ2n) is 4.87. The molecule has 0 atom stereocenters. The van der Waals surface area contributed by atoms with Gasteiger partial charge in [-0.05, 0) is 25.0 Å². The SMILES string of the molecule is O=C(O)c1nn(-c2ccc(Cl)nn2)c2c1CCc1[nH]ncc1-2. The lowest BCUT2D eigenvalue weighted by Crippen LogP contribution is -2.08. The van der Waals surface area contributed by atoms with Crippen LogP contribution in [-0.2, 0) is 12.8 Å². The van der Waals surface area contributed by atoms with Crippen LogP contribution in [0.2, 0.25) is 5.15 Å². The molecule has 0 bridgehead atoms. The topological polar surface area (TPSA) is 110 Å². The van der Waals surface area contributed by atoms with Gasteiger partial charge in [-0.15, -0.1) is 10.2 Å². The maximum Gasteiger partial charge on any atom is 0.356 e. The van der Waals surface area contributed by atoms with Crippen molar-refractivity contribution in [2.24, 2.45) is 0 Å². The molecule has 8 nitrogen and oxygen atoms in total. The van der Waals surface area contributed by atoms with Crippen LogP contribution in [0.25, 0.3) is 17.1 Å². The number of nitrogens with zero attached hydrogens (tertiary/aromatic N) is 5. The van der Waals surface area contributed by atoms with Gasteiger partial charge in [-0.1, -0.05) is 11.6 Å². The third kappa shape index (κ3) is 1.81. The van der Waals surface area contributed by atoms with Gasteiger partial charge in [0.1, 0.15) is 0 Å². The molecule has 0 aliphatic heterocycles. The minimum atomic E-state index is -1.07. The van der Waals surface area contributed by atoms with E-state index in [0.29, 0.717) is 29.9 Å². The van der Waals surface area contributed by atoms with Crippen molar-refractivity contribution < 1.29 is 9.90 Å². The second-order valence-corrected chi connectivity index (χ2v) is 5.26. The van der Waals surface area contributed by atoms with E-state index in [-0.39, 0.29) is 10.8 Å². The number of rotatable bonds is 2. The highest BCUT2D eigenvalue weighted by atomic mass is 35.5. The third-order valence-electron chi connectivity index (χ3n) is 3.62. The summed E-state index contributed by atoms with van der Waals surface area (Å²) in [7, 11) is 0. The predicted octanol–water partition coefficient (Wildman–Crippen LogP) is 1.50. The fourth-order valence-electron chi connectivity index (χ4n) is 2.68. The van der Waals surface area contributed by atoms with Gasteiger partial charge in [-0.3, -0.25) is 5.10 Å². The zero-order chi connectivity index (χ0) is 15.3. The molecule has 3 heterocycles. The van der Waals surface area contributed by atoms with Gasteiger partial charge in [-0.2, -0.15) is 10.2 Å². The van der Waals surface area contributed by atoms with Crippen molar-refractivity contribution in [1.82, 2.24) is 30.2 Å². The monoisotopic (exact) mass is 316 g/mol. The number of aromatic amines is 1. The number of carboxylic acids is 1. The quantitative estimate of drug-likeness (QED) is 0.741. The number of H-pyrrole nitrogens is 1. The van der Waals surface area contributed by atoms with Crippen LogP contribution in [0.1, 0.15) is 21.7 Å². The van der Waals surface area contributed by atoms with Crippen molar-refractivity contribution in [3.63, 3.8) is 0 Å². The summed E-state index contributed by atoms with van der Waals surface area (Å²) in [6.45, 7) is 0. The van der Waals surface area contributed by atoms with Crippen LogP contribution in [-0.4, -0.2) is 41.3 Å². The first-order valence-corrected chi connectivity index (χ1v) is 6.90. The van der Waals surface area contributed by atoms with Crippen LogP contribution < -0.4 is 0 Å². The number of halogens is 1. The Hall–Kier alpha value is -2.74. The average Bonchev–Trinajstić information content (AvgIpc) is 3.11. The number of aromatic nitrogens is 6. The Morgan fingerprint density at radius 2 is 2.18 bits per heavy atom. The predicted molar refractivity (Wildman–Crippen MR) is 76.1 cm³/mol. The lowest BCUT2D eigenvalue weighted by Gasteiger charge is -2.13. The number of nitrogens with one attached hydrogen (secondary N) is 1. The van der Waals surface area contributed by atoms with E-state index >= 15 is 0 Å². The first-order chi connectivity index (χ1) is 10.6. The standard InChI is InChI=1S/C13H9ClN6O2/c14-9-3-4-10(18-17-9)20-12-6(11(19-20)13(21)22)1-2-8-7(12)5-15-16-8/h3-5H,1-2H2,(H,15,16)(H,21,22). The van der Waals surface area contributed by atoms with E-state index in [1.54, 1.807) is 18.3 Å². The van der Waals surface area contributed by atoms with Crippen LogP contribution in [0.15, 0.2) is 18.3 Å². The van der Waals surface area contributed by atoms with E-state index in [1.807, 2.05) is 0 Å². The maximum absolute atomic E-state index is 11.5. The van der Waals surface area contributed by atoms with E-state index < -0.39 is 5.97 Å². The first kappa shape index (κ1) is 13.0. The molecule has 9 heteroatoms. The molecular formula is C13H9ClN6O2. The number of aryl methyl sites for hydroxylation is 1. The summed E-state index contributed by atoms with van der Waals surface area (Å²) in [6, 6.07) is 3.22. The molecule has 110 valence electrons. The van der Waals surface area contributed by atoms with E-state index in [1.165, 1.54) is 4.68 Å². The average molecular weight is 317 g/mol. The molecule has 0 saturated carbocycles. The minimum absolute atomic E-state index is 0.0265. The molecule has 22 heavy (non-hydrogen) atoms. The zero-order valence-corrected chi connectivity index (χ0v) is 11.9. The number of fused-ring (bicyclic) bond motifs is 3. The Balaban J connectivity index is 2.00. The Morgan fingerprint density at radius 3 is 2.91 bits per heavy atom. The molecule has 0 saturated heterocycles. The highest BCUT2D eigenvalue weighted by Crippen LogP contribution is 2.35. The first-order valence-electron chi connectivity index (χ1n) is 6.52. The highest BCUT2D eigenvalue weighted by molar-refractivity contribution is 6.29. The molecule has 0 fully saturated rings. The van der Waals surface area contributed by atoms with Gasteiger partial charge in [0.25, 0.3) is 0 Å².